The molecule has 0 bridgehead atoms. The highest BCUT2D eigenvalue weighted by Gasteiger charge is 2.24. The molecule has 11 nitrogen and oxygen atoms in total. The first-order chi connectivity index (χ1) is 10.9. The monoisotopic (exact) mass is 318 g/mol. The van der Waals surface area contributed by atoms with Crippen molar-refractivity contribution in [1.82, 2.24) is 15.2 Å². The molecule has 0 fully saturated rings. The summed E-state index contributed by atoms with van der Waals surface area (Å²) in [4.78, 5) is 32.2. The maximum absolute atomic E-state index is 11.9. The van der Waals surface area contributed by atoms with Gasteiger partial charge in [-0.15, -0.1) is 0 Å². The minimum Gasteiger partial charge on any atom is -0.268 e. The summed E-state index contributed by atoms with van der Waals surface area (Å²) in [6.45, 7) is 0. The van der Waals surface area contributed by atoms with Gasteiger partial charge < -0.3 is 0 Å². The highest BCUT2D eigenvalue weighted by molar-refractivity contribution is 5.96. The highest BCUT2D eigenvalue weighted by Crippen LogP contribution is 2.16. The van der Waals surface area contributed by atoms with Crippen LogP contribution in [0.2, 0.25) is 0 Å². The molecule has 1 heterocycles. The Kier molecular flexibility index (Phi) is 4.40. The van der Waals surface area contributed by atoms with Gasteiger partial charge in [-0.05, 0) is 6.07 Å². The topological polar surface area (TPSA) is 146 Å². The Bertz CT molecular complexity index is 812. The zero-order valence-corrected chi connectivity index (χ0v) is 11.7. The number of nitro benzene ring substituents is 1. The second-order valence-corrected chi connectivity index (χ2v) is 4.31. The molecule has 0 aliphatic heterocycles. The number of hydrogen-bond acceptors (Lipinski definition) is 7. The molecule has 0 unspecified atom stereocenters. The molecule has 23 heavy (non-hydrogen) atoms. The van der Waals surface area contributed by atoms with Gasteiger partial charge in [0.05, 0.1) is 21.6 Å². The average Bonchev–Trinajstić information content (AvgIpc) is 2.90. The zero-order valence-electron chi connectivity index (χ0n) is 11.7. The maximum Gasteiger partial charge on any atom is 0.320 e. The molecule has 0 atom stereocenters. The van der Waals surface area contributed by atoms with E-state index in [2.05, 4.69) is 10.2 Å². The molecular formula is C12H10N6O5. The molecule has 0 saturated heterocycles. The Labute approximate surface area is 128 Å². The number of hydrazone groups is 1. The summed E-state index contributed by atoms with van der Waals surface area (Å²) in [7, 11) is 1.43. The normalized spacial score (nSPS) is 10.7. The van der Waals surface area contributed by atoms with Gasteiger partial charge in [-0.3, -0.25) is 29.7 Å². The fourth-order valence-electron chi connectivity index (χ4n) is 1.75. The third-order valence-electron chi connectivity index (χ3n) is 2.72. The summed E-state index contributed by atoms with van der Waals surface area (Å²) in [5.74, 6) is -0.896. The van der Waals surface area contributed by atoms with E-state index in [0.29, 0.717) is 0 Å². The first kappa shape index (κ1) is 15.8. The number of carbonyl (C=O) groups excluding carboxylic acids is 1. The lowest BCUT2D eigenvalue weighted by Crippen LogP contribution is -2.19. The van der Waals surface area contributed by atoms with E-state index < -0.39 is 27.1 Å². The molecule has 2 aromatic rings. The summed E-state index contributed by atoms with van der Waals surface area (Å²) >= 11 is 0. The van der Waals surface area contributed by atoms with Crippen molar-refractivity contribution in [3.8, 4) is 0 Å². The van der Waals surface area contributed by atoms with Crippen LogP contribution >= 0.6 is 0 Å². The SMILES string of the molecule is Cn1cc([N+](=O)[O-])c(C(=O)NN=Cc2ccccc2[N+](=O)[O-])n1. The van der Waals surface area contributed by atoms with E-state index in [-0.39, 0.29) is 11.3 Å². The van der Waals surface area contributed by atoms with Crippen molar-refractivity contribution in [2.75, 3.05) is 0 Å². The summed E-state index contributed by atoms with van der Waals surface area (Å²) in [5.41, 5.74) is 1.17. The van der Waals surface area contributed by atoms with Crippen LogP contribution in [0, 0.1) is 20.2 Å². The van der Waals surface area contributed by atoms with Crippen molar-refractivity contribution in [1.29, 1.82) is 0 Å². The van der Waals surface area contributed by atoms with Gasteiger partial charge in [-0.1, -0.05) is 12.1 Å². The second-order valence-electron chi connectivity index (χ2n) is 4.31. The molecule has 1 N–H and O–H groups in total. The van der Waals surface area contributed by atoms with Gasteiger partial charge in [0.25, 0.3) is 11.6 Å². The molecule has 1 aromatic carbocycles. The van der Waals surface area contributed by atoms with E-state index in [1.807, 2.05) is 5.43 Å². The second kappa shape index (κ2) is 6.43. The minimum atomic E-state index is -0.896. The third-order valence-corrected chi connectivity index (χ3v) is 2.72. The van der Waals surface area contributed by atoms with Crippen molar-refractivity contribution in [2.45, 2.75) is 0 Å². The number of benzene rings is 1. The van der Waals surface area contributed by atoms with Crippen molar-refractivity contribution >= 4 is 23.5 Å². The van der Waals surface area contributed by atoms with Crippen molar-refractivity contribution in [2.24, 2.45) is 12.1 Å². The van der Waals surface area contributed by atoms with Crippen molar-refractivity contribution in [3.05, 3.63) is 61.9 Å². The van der Waals surface area contributed by atoms with Gasteiger partial charge >= 0.3 is 5.69 Å². The average molecular weight is 318 g/mol. The third kappa shape index (κ3) is 3.53. The summed E-state index contributed by atoms with van der Waals surface area (Å²) in [5, 5.41) is 28.9. The van der Waals surface area contributed by atoms with Gasteiger partial charge in [0, 0.05) is 13.1 Å². The number of rotatable bonds is 5. The Balaban J connectivity index is 2.17. The lowest BCUT2D eigenvalue weighted by Gasteiger charge is -1.97. The summed E-state index contributed by atoms with van der Waals surface area (Å²) in [6.07, 6.45) is 2.16. The van der Waals surface area contributed by atoms with Crippen LogP contribution in [-0.4, -0.2) is 31.7 Å². The molecule has 2 rings (SSSR count). The number of amides is 1. The van der Waals surface area contributed by atoms with Crippen molar-refractivity contribution < 1.29 is 14.6 Å². The molecule has 1 amide bonds. The van der Waals surface area contributed by atoms with Crippen LogP contribution < -0.4 is 5.43 Å². The molecule has 118 valence electrons. The number of para-hydroxylation sites is 1. The predicted molar refractivity (Wildman–Crippen MR) is 78.0 cm³/mol. The largest absolute Gasteiger partial charge is 0.320 e. The first-order valence-electron chi connectivity index (χ1n) is 6.15. The van der Waals surface area contributed by atoms with E-state index in [9.17, 15) is 25.0 Å². The standard InChI is InChI=1S/C12H10N6O5/c1-16-7-10(18(22)23)11(15-16)12(19)14-13-6-8-4-2-3-5-9(8)17(20)21/h2-7H,1H3,(H,14,19). The molecule has 1 aromatic heterocycles. The Morgan fingerprint density at radius 1 is 1.26 bits per heavy atom. The summed E-state index contributed by atoms with van der Waals surface area (Å²) in [6, 6.07) is 5.79. The van der Waals surface area contributed by atoms with Crippen LogP contribution in [-0.2, 0) is 7.05 Å². The Hall–Kier alpha value is -3.63. The molecule has 0 saturated carbocycles. The Morgan fingerprint density at radius 2 is 1.91 bits per heavy atom. The minimum absolute atomic E-state index is 0.174. The fraction of sp³-hybridized carbons (Fsp3) is 0.0833. The quantitative estimate of drug-likeness (QED) is 0.494. The number of nitrogens with zero attached hydrogens (tertiary/aromatic N) is 5. The number of aromatic nitrogens is 2. The van der Waals surface area contributed by atoms with Gasteiger partial charge in [0.1, 0.15) is 6.20 Å². The number of nitrogens with one attached hydrogen (secondary N) is 1. The first-order valence-corrected chi connectivity index (χ1v) is 6.15. The van der Waals surface area contributed by atoms with Crippen LogP contribution in [0.25, 0.3) is 0 Å². The molecule has 11 heteroatoms. The highest BCUT2D eigenvalue weighted by atomic mass is 16.6. The van der Waals surface area contributed by atoms with E-state index >= 15 is 0 Å². The lowest BCUT2D eigenvalue weighted by atomic mass is 10.2. The smallest absolute Gasteiger partial charge is 0.268 e. The number of nitro groups is 2. The lowest BCUT2D eigenvalue weighted by molar-refractivity contribution is -0.385. The van der Waals surface area contributed by atoms with E-state index in [1.165, 1.54) is 25.2 Å². The molecule has 0 spiro atoms. The van der Waals surface area contributed by atoms with Crippen LogP contribution in [0.3, 0.4) is 0 Å². The fourth-order valence-corrected chi connectivity index (χ4v) is 1.75. The van der Waals surface area contributed by atoms with Crippen molar-refractivity contribution in [3.63, 3.8) is 0 Å². The van der Waals surface area contributed by atoms with E-state index in [0.717, 1.165) is 17.1 Å². The van der Waals surface area contributed by atoms with Crippen LogP contribution in [0.5, 0.6) is 0 Å². The van der Waals surface area contributed by atoms with Crippen LogP contribution in [0.4, 0.5) is 11.4 Å². The number of carbonyl (C=O) groups is 1. The van der Waals surface area contributed by atoms with Gasteiger partial charge in [0.2, 0.25) is 5.69 Å². The van der Waals surface area contributed by atoms with Gasteiger partial charge in [0.15, 0.2) is 0 Å². The molecular weight excluding hydrogens is 308 g/mol. The van der Waals surface area contributed by atoms with E-state index in [1.54, 1.807) is 6.07 Å². The summed E-state index contributed by atoms with van der Waals surface area (Å²) < 4.78 is 1.12. The van der Waals surface area contributed by atoms with Crippen LogP contribution in [0.1, 0.15) is 16.1 Å². The molecule has 0 aliphatic carbocycles. The van der Waals surface area contributed by atoms with Gasteiger partial charge in [-0.25, -0.2) is 5.43 Å². The van der Waals surface area contributed by atoms with E-state index in [4.69, 9.17) is 0 Å². The predicted octanol–water partition coefficient (Wildman–Crippen LogP) is 1.00. The molecule has 0 aliphatic rings. The van der Waals surface area contributed by atoms with Gasteiger partial charge in [-0.2, -0.15) is 10.2 Å². The molecule has 0 radical (unpaired) electrons. The Morgan fingerprint density at radius 3 is 2.57 bits per heavy atom. The number of hydrogen-bond donors (Lipinski definition) is 1. The van der Waals surface area contributed by atoms with Crippen LogP contribution in [0.15, 0.2) is 35.6 Å². The number of aryl methyl sites for hydroxylation is 1. The maximum atomic E-state index is 11.9. The zero-order chi connectivity index (χ0) is 17.0.